The number of thiocarbonyl (C=S) groups is 1. The number of nitrogens with zero attached hydrogens (tertiary/aromatic N) is 5. The molecule has 1 aromatic heterocycles. The fourth-order valence-corrected chi connectivity index (χ4v) is 6.40. The highest BCUT2D eigenvalue weighted by Crippen LogP contribution is 2.37. The van der Waals surface area contributed by atoms with Gasteiger partial charge in [-0.1, -0.05) is 50.0 Å². The molecule has 2 aromatic rings. The lowest BCUT2D eigenvalue weighted by molar-refractivity contribution is -0.123. The van der Waals surface area contributed by atoms with E-state index in [1.54, 1.807) is 34.6 Å². The van der Waals surface area contributed by atoms with Gasteiger partial charge in [-0.25, -0.2) is 4.39 Å². The van der Waals surface area contributed by atoms with Gasteiger partial charge in [-0.3, -0.25) is 19.1 Å². The van der Waals surface area contributed by atoms with Crippen LogP contribution in [0.1, 0.15) is 50.3 Å². The molecule has 0 aliphatic carbocycles. The predicted octanol–water partition coefficient (Wildman–Crippen LogP) is 4.90. The lowest BCUT2D eigenvalue weighted by Crippen LogP contribution is -2.49. The topological polar surface area (TPSA) is 72.6 Å². The average molecular weight is 554 g/mol. The number of anilines is 2. The second kappa shape index (κ2) is 11.7. The lowest BCUT2D eigenvalue weighted by Gasteiger charge is -2.39. The molecule has 0 bridgehead atoms. The third kappa shape index (κ3) is 5.09. The van der Waals surface area contributed by atoms with E-state index in [2.05, 4.69) is 11.0 Å². The zero-order valence-corrected chi connectivity index (χ0v) is 23.8. The summed E-state index contributed by atoms with van der Waals surface area (Å²) in [6.07, 6.45) is 3.27. The van der Waals surface area contributed by atoms with Crippen LogP contribution in [0.25, 0.3) is 6.08 Å². The van der Waals surface area contributed by atoms with E-state index in [1.165, 1.54) is 17.8 Å². The molecule has 7 nitrogen and oxygen atoms in total. The number of para-hydroxylation sites is 1. The number of thioether (sulfide) groups is 1. The standard InChI is InChI=1S/C28H32FN5O2S2/c1-5-11-33-25(32-14-12-31(13-15-32)23-10-8-7-9-22(23)29)20(19(4)21(17-30)26(33)35)16-24-27(36)34(18(3)6-2)28(37)38-24/h7-10,16,18H,5-6,11-15H2,1-4H3/b24-16+. The molecule has 2 saturated heterocycles. The number of aromatic nitrogens is 1. The molecule has 200 valence electrons. The highest BCUT2D eigenvalue weighted by atomic mass is 32.2. The van der Waals surface area contributed by atoms with Crippen LogP contribution in [0.3, 0.4) is 0 Å². The summed E-state index contributed by atoms with van der Waals surface area (Å²) in [5.74, 6) is 0.272. The summed E-state index contributed by atoms with van der Waals surface area (Å²) in [6.45, 7) is 10.4. The summed E-state index contributed by atoms with van der Waals surface area (Å²) in [6, 6.07) is 8.79. The Labute approximate surface area is 232 Å². The molecule has 2 fully saturated rings. The van der Waals surface area contributed by atoms with Crippen molar-refractivity contribution in [3.63, 3.8) is 0 Å². The van der Waals surface area contributed by atoms with Crippen molar-refractivity contribution in [3.8, 4) is 6.07 Å². The van der Waals surface area contributed by atoms with Gasteiger partial charge in [0.05, 0.1) is 10.6 Å². The Bertz CT molecular complexity index is 1390. The van der Waals surface area contributed by atoms with Crippen molar-refractivity contribution < 1.29 is 9.18 Å². The zero-order chi connectivity index (χ0) is 27.6. The molecular formula is C28H32FN5O2S2. The first-order valence-electron chi connectivity index (χ1n) is 12.9. The fraction of sp³-hybridized carbons (Fsp3) is 0.429. The normalized spacial score (nSPS) is 17.9. The molecule has 4 rings (SSSR count). The van der Waals surface area contributed by atoms with Gasteiger partial charge < -0.3 is 9.80 Å². The van der Waals surface area contributed by atoms with Crippen molar-refractivity contribution >= 4 is 51.8 Å². The number of nitriles is 1. The summed E-state index contributed by atoms with van der Waals surface area (Å²) in [5.41, 5.74) is 1.53. The van der Waals surface area contributed by atoms with Crippen LogP contribution in [0.4, 0.5) is 15.9 Å². The molecule has 2 aliphatic rings. The zero-order valence-electron chi connectivity index (χ0n) is 22.2. The van der Waals surface area contributed by atoms with Gasteiger partial charge in [0.2, 0.25) is 0 Å². The molecule has 1 aromatic carbocycles. The highest BCUT2D eigenvalue weighted by molar-refractivity contribution is 8.26. The molecule has 3 heterocycles. The van der Waals surface area contributed by atoms with Crippen molar-refractivity contribution in [3.05, 3.63) is 62.0 Å². The number of hydrogen-bond acceptors (Lipinski definition) is 7. The smallest absolute Gasteiger partial charge is 0.270 e. The van der Waals surface area contributed by atoms with Gasteiger partial charge in [-0.15, -0.1) is 0 Å². The van der Waals surface area contributed by atoms with Crippen LogP contribution in [0.2, 0.25) is 0 Å². The molecule has 1 atom stereocenters. The molecule has 0 saturated carbocycles. The van der Waals surface area contributed by atoms with Crippen molar-refractivity contribution in [2.24, 2.45) is 0 Å². The minimum Gasteiger partial charge on any atom is -0.366 e. The van der Waals surface area contributed by atoms with E-state index >= 15 is 0 Å². The maximum atomic E-state index is 14.4. The maximum Gasteiger partial charge on any atom is 0.270 e. The molecule has 1 amide bonds. The van der Waals surface area contributed by atoms with E-state index in [4.69, 9.17) is 12.2 Å². The number of rotatable bonds is 7. The van der Waals surface area contributed by atoms with Gasteiger partial charge in [-0.05, 0) is 50.5 Å². The van der Waals surface area contributed by atoms with E-state index in [-0.39, 0.29) is 28.9 Å². The van der Waals surface area contributed by atoms with Crippen LogP contribution < -0.4 is 15.4 Å². The Hall–Kier alpha value is -3.16. The summed E-state index contributed by atoms with van der Waals surface area (Å²) in [7, 11) is 0. The highest BCUT2D eigenvalue weighted by Gasteiger charge is 2.36. The van der Waals surface area contributed by atoms with Crippen molar-refractivity contribution in [2.45, 2.75) is 53.1 Å². The summed E-state index contributed by atoms with van der Waals surface area (Å²) in [5, 5.41) is 9.87. The Morgan fingerprint density at radius 2 is 1.82 bits per heavy atom. The number of halogens is 1. The van der Waals surface area contributed by atoms with E-state index in [0.717, 1.165) is 6.42 Å². The van der Waals surface area contributed by atoms with Crippen molar-refractivity contribution in [1.82, 2.24) is 9.47 Å². The van der Waals surface area contributed by atoms with E-state index < -0.39 is 0 Å². The molecule has 0 spiro atoms. The van der Waals surface area contributed by atoms with Crippen LogP contribution in [-0.2, 0) is 11.3 Å². The summed E-state index contributed by atoms with van der Waals surface area (Å²) < 4.78 is 16.6. The van der Waals surface area contributed by atoms with Crippen molar-refractivity contribution in [2.75, 3.05) is 36.0 Å². The number of pyridine rings is 1. The molecule has 10 heteroatoms. The monoisotopic (exact) mass is 553 g/mol. The van der Waals surface area contributed by atoms with Crippen LogP contribution in [0.5, 0.6) is 0 Å². The fourth-order valence-electron chi connectivity index (χ4n) is 4.96. The SMILES string of the molecule is CCCn1c(N2CCN(c3ccccc3F)CC2)c(/C=C2/SC(=S)N(C(C)CC)C2=O)c(C)c(C#N)c1=O. The number of piperazine rings is 1. The summed E-state index contributed by atoms with van der Waals surface area (Å²) in [4.78, 5) is 33.0. The minimum atomic E-state index is -0.331. The van der Waals surface area contributed by atoms with Gasteiger partial charge in [0.1, 0.15) is 27.6 Å². The average Bonchev–Trinajstić information content (AvgIpc) is 3.19. The Kier molecular flexibility index (Phi) is 8.58. The quantitative estimate of drug-likeness (QED) is 0.357. The van der Waals surface area contributed by atoms with Gasteiger partial charge in [0.25, 0.3) is 11.5 Å². The number of hydrogen-bond donors (Lipinski definition) is 0. The lowest BCUT2D eigenvalue weighted by atomic mass is 10.0. The number of carbonyl (C=O) groups is 1. The third-order valence-corrected chi connectivity index (χ3v) is 8.53. The van der Waals surface area contributed by atoms with Crippen LogP contribution in [0, 0.1) is 24.1 Å². The van der Waals surface area contributed by atoms with Gasteiger partial charge in [0.15, 0.2) is 0 Å². The molecule has 38 heavy (non-hydrogen) atoms. The molecule has 2 aliphatic heterocycles. The second-order valence-corrected chi connectivity index (χ2v) is 11.2. The van der Waals surface area contributed by atoms with E-state index in [1.807, 2.05) is 31.7 Å². The Balaban J connectivity index is 1.80. The van der Waals surface area contributed by atoms with Gasteiger partial charge in [0, 0.05) is 44.3 Å². The van der Waals surface area contributed by atoms with Crippen molar-refractivity contribution in [1.29, 1.82) is 5.26 Å². The predicted molar refractivity (Wildman–Crippen MR) is 156 cm³/mol. The van der Waals surface area contributed by atoms with Gasteiger partial charge in [-0.2, -0.15) is 5.26 Å². The number of benzene rings is 1. The molecular weight excluding hydrogens is 521 g/mol. The molecule has 1 unspecified atom stereocenters. The second-order valence-electron chi connectivity index (χ2n) is 9.54. The molecule has 0 radical (unpaired) electrons. The third-order valence-electron chi connectivity index (χ3n) is 7.20. The van der Waals surface area contributed by atoms with Crippen LogP contribution in [0.15, 0.2) is 34.0 Å². The van der Waals surface area contributed by atoms with Gasteiger partial charge >= 0.3 is 0 Å². The molecule has 0 N–H and O–H groups in total. The number of carbonyl (C=O) groups excluding carboxylic acids is 1. The Morgan fingerprint density at radius 3 is 2.42 bits per heavy atom. The minimum absolute atomic E-state index is 0.0239. The van der Waals surface area contributed by atoms with E-state index in [0.29, 0.717) is 71.0 Å². The Morgan fingerprint density at radius 1 is 1.16 bits per heavy atom. The number of amides is 1. The first kappa shape index (κ1) is 27.9. The van der Waals surface area contributed by atoms with Crippen LogP contribution >= 0.6 is 24.0 Å². The van der Waals surface area contributed by atoms with Crippen LogP contribution in [-0.4, -0.2) is 51.9 Å². The summed E-state index contributed by atoms with van der Waals surface area (Å²) >= 11 is 6.77. The first-order valence-corrected chi connectivity index (χ1v) is 14.1. The first-order chi connectivity index (χ1) is 18.2. The largest absolute Gasteiger partial charge is 0.366 e. The maximum absolute atomic E-state index is 14.4. The van der Waals surface area contributed by atoms with E-state index in [9.17, 15) is 19.2 Å².